The van der Waals surface area contributed by atoms with Crippen LogP contribution in [0.3, 0.4) is 0 Å². The lowest BCUT2D eigenvalue weighted by Crippen LogP contribution is -2.60. The third kappa shape index (κ3) is 3.66. The number of aryl methyl sites for hydroxylation is 1. The van der Waals surface area contributed by atoms with Crippen molar-refractivity contribution in [1.82, 2.24) is 25.0 Å². The first-order chi connectivity index (χ1) is 8.85. The first-order valence-electron chi connectivity index (χ1n) is 6.39. The Kier molecular flexibility index (Phi) is 3.75. The van der Waals surface area contributed by atoms with Crippen LogP contribution in [0.5, 0.6) is 0 Å². The number of likely N-dealkylation sites (tertiary alicyclic amines) is 1. The summed E-state index contributed by atoms with van der Waals surface area (Å²) in [4.78, 5) is 13.4. The van der Waals surface area contributed by atoms with E-state index in [0.29, 0.717) is 25.7 Å². The number of nitrogens with one attached hydrogen (secondary N) is 1. The van der Waals surface area contributed by atoms with Crippen molar-refractivity contribution in [3.8, 4) is 0 Å². The van der Waals surface area contributed by atoms with Crippen molar-refractivity contribution in [3.63, 3.8) is 0 Å². The average molecular weight is 267 g/mol. The lowest BCUT2D eigenvalue weighted by Gasteiger charge is -2.40. The molecule has 1 aliphatic heterocycles. The van der Waals surface area contributed by atoms with Gasteiger partial charge in [-0.15, -0.1) is 10.2 Å². The van der Waals surface area contributed by atoms with Crippen LogP contribution in [0, 0.1) is 0 Å². The molecular formula is C12H21N5O2. The minimum Gasteiger partial charge on any atom is -0.444 e. The lowest BCUT2D eigenvalue weighted by atomic mass is 10.1. The Morgan fingerprint density at radius 2 is 2.21 bits per heavy atom. The third-order valence-electron chi connectivity index (χ3n) is 2.89. The molecule has 0 radical (unpaired) electrons. The Bertz CT molecular complexity index is 445. The van der Waals surface area contributed by atoms with Gasteiger partial charge in [0.25, 0.3) is 0 Å². The standard InChI is InChI=1S/C12H21N5O2/c1-12(2,3)19-11(18)17-6-9(7-17)13-5-10-15-14-8-16(10)4/h8-9,13H,5-7H2,1-4H3. The maximum atomic E-state index is 11.7. The van der Waals surface area contributed by atoms with Gasteiger partial charge in [0.2, 0.25) is 0 Å². The predicted octanol–water partition coefficient (Wildman–Crippen LogP) is 0.524. The molecule has 1 N–H and O–H groups in total. The van der Waals surface area contributed by atoms with Gasteiger partial charge in [-0.05, 0) is 20.8 Å². The van der Waals surface area contributed by atoms with E-state index >= 15 is 0 Å². The highest BCUT2D eigenvalue weighted by molar-refractivity contribution is 5.69. The van der Waals surface area contributed by atoms with Crippen molar-refractivity contribution in [3.05, 3.63) is 12.2 Å². The van der Waals surface area contributed by atoms with Crippen LogP contribution in [-0.4, -0.2) is 50.5 Å². The molecule has 1 saturated heterocycles. The summed E-state index contributed by atoms with van der Waals surface area (Å²) in [6.07, 6.45) is 1.43. The second kappa shape index (κ2) is 5.16. The van der Waals surface area contributed by atoms with Gasteiger partial charge in [0.15, 0.2) is 0 Å². The molecule has 0 saturated carbocycles. The van der Waals surface area contributed by atoms with Crippen LogP contribution in [0.15, 0.2) is 6.33 Å². The van der Waals surface area contributed by atoms with Crippen LogP contribution in [-0.2, 0) is 18.3 Å². The Balaban J connectivity index is 1.69. The fraction of sp³-hybridized carbons (Fsp3) is 0.750. The van der Waals surface area contributed by atoms with E-state index in [1.165, 1.54) is 0 Å². The first-order valence-corrected chi connectivity index (χ1v) is 6.39. The Labute approximate surface area is 112 Å². The molecular weight excluding hydrogens is 246 g/mol. The van der Waals surface area contributed by atoms with Crippen LogP contribution in [0.1, 0.15) is 26.6 Å². The fourth-order valence-corrected chi connectivity index (χ4v) is 1.79. The van der Waals surface area contributed by atoms with Gasteiger partial charge in [-0.3, -0.25) is 0 Å². The zero-order valence-electron chi connectivity index (χ0n) is 11.9. The first kappa shape index (κ1) is 13.8. The molecule has 106 valence electrons. The van der Waals surface area contributed by atoms with Crippen molar-refractivity contribution in [2.24, 2.45) is 7.05 Å². The van der Waals surface area contributed by atoms with Crippen molar-refractivity contribution in [2.45, 2.75) is 39.0 Å². The normalized spacial score (nSPS) is 16.3. The zero-order chi connectivity index (χ0) is 14.0. The molecule has 7 nitrogen and oxygen atoms in total. The molecule has 19 heavy (non-hydrogen) atoms. The van der Waals surface area contributed by atoms with Crippen LogP contribution < -0.4 is 5.32 Å². The van der Waals surface area contributed by atoms with Crippen LogP contribution in [0.25, 0.3) is 0 Å². The van der Waals surface area contributed by atoms with Gasteiger partial charge in [0.1, 0.15) is 17.8 Å². The Morgan fingerprint density at radius 3 is 2.74 bits per heavy atom. The van der Waals surface area contributed by atoms with E-state index in [2.05, 4.69) is 15.5 Å². The van der Waals surface area contributed by atoms with E-state index in [0.717, 1.165) is 5.82 Å². The van der Waals surface area contributed by atoms with Gasteiger partial charge in [-0.1, -0.05) is 0 Å². The maximum Gasteiger partial charge on any atom is 0.410 e. The maximum absolute atomic E-state index is 11.7. The summed E-state index contributed by atoms with van der Waals surface area (Å²) in [5, 5.41) is 11.1. The zero-order valence-corrected chi connectivity index (χ0v) is 11.9. The van der Waals surface area contributed by atoms with Gasteiger partial charge in [0, 0.05) is 26.2 Å². The molecule has 1 amide bonds. The highest BCUT2D eigenvalue weighted by Crippen LogP contribution is 2.15. The quantitative estimate of drug-likeness (QED) is 0.864. The molecule has 0 unspecified atom stereocenters. The van der Waals surface area contributed by atoms with Crippen LogP contribution in [0.4, 0.5) is 4.79 Å². The summed E-state index contributed by atoms with van der Waals surface area (Å²) < 4.78 is 7.16. The second-order valence-electron chi connectivity index (χ2n) is 5.82. The summed E-state index contributed by atoms with van der Waals surface area (Å²) in [7, 11) is 1.91. The highest BCUT2D eigenvalue weighted by Gasteiger charge is 2.33. The number of rotatable bonds is 3. The minimum atomic E-state index is -0.436. The van der Waals surface area contributed by atoms with Crippen LogP contribution >= 0.6 is 0 Å². The van der Waals surface area contributed by atoms with Gasteiger partial charge in [-0.2, -0.15) is 0 Å². The van der Waals surface area contributed by atoms with E-state index < -0.39 is 5.60 Å². The van der Waals surface area contributed by atoms with Gasteiger partial charge in [-0.25, -0.2) is 4.79 Å². The second-order valence-corrected chi connectivity index (χ2v) is 5.82. The largest absolute Gasteiger partial charge is 0.444 e. The fourth-order valence-electron chi connectivity index (χ4n) is 1.79. The van der Waals surface area contributed by atoms with Crippen molar-refractivity contribution < 1.29 is 9.53 Å². The average Bonchev–Trinajstić information content (AvgIpc) is 2.59. The molecule has 1 aromatic rings. The Morgan fingerprint density at radius 1 is 1.53 bits per heavy atom. The van der Waals surface area contributed by atoms with Crippen LogP contribution in [0.2, 0.25) is 0 Å². The summed E-state index contributed by atoms with van der Waals surface area (Å²) in [5.41, 5.74) is -0.436. The van der Waals surface area contributed by atoms with E-state index in [9.17, 15) is 4.79 Å². The highest BCUT2D eigenvalue weighted by atomic mass is 16.6. The number of carbonyl (C=O) groups is 1. The molecule has 0 aliphatic carbocycles. The number of hydrogen-bond acceptors (Lipinski definition) is 5. The van der Waals surface area contributed by atoms with E-state index in [1.807, 2.05) is 32.4 Å². The number of hydrogen-bond donors (Lipinski definition) is 1. The van der Waals surface area contributed by atoms with E-state index in [4.69, 9.17) is 4.74 Å². The van der Waals surface area contributed by atoms with Crippen molar-refractivity contribution in [1.29, 1.82) is 0 Å². The number of nitrogens with zero attached hydrogens (tertiary/aromatic N) is 4. The summed E-state index contributed by atoms with van der Waals surface area (Å²) >= 11 is 0. The van der Waals surface area contributed by atoms with Crippen molar-refractivity contribution in [2.75, 3.05) is 13.1 Å². The smallest absolute Gasteiger partial charge is 0.410 e. The molecule has 1 aromatic heterocycles. The summed E-state index contributed by atoms with van der Waals surface area (Å²) in [6, 6.07) is 0.296. The van der Waals surface area contributed by atoms with Gasteiger partial charge in [0.05, 0.1) is 6.54 Å². The molecule has 7 heteroatoms. The monoisotopic (exact) mass is 267 g/mol. The molecule has 2 rings (SSSR count). The van der Waals surface area contributed by atoms with E-state index in [-0.39, 0.29) is 6.09 Å². The van der Waals surface area contributed by atoms with Crippen molar-refractivity contribution >= 4 is 6.09 Å². The van der Waals surface area contributed by atoms with E-state index in [1.54, 1.807) is 11.2 Å². The summed E-state index contributed by atoms with van der Waals surface area (Å²) in [5.74, 6) is 0.885. The topological polar surface area (TPSA) is 72.3 Å². The van der Waals surface area contributed by atoms with Gasteiger partial charge < -0.3 is 19.5 Å². The molecule has 0 bridgehead atoms. The predicted molar refractivity (Wildman–Crippen MR) is 69.4 cm³/mol. The number of amides is 1. The molecule has 0 spiro atoms. The summed E-state index contributed by atoms with van der Waals surface area (Å²) in [6.45, 7) is 7.61. The third-order valence-corrected chi connectivity index (χ3v) is 2.89. The van der Waals surface area contributed by atoms with Gasteiger partial charge >= 0.3 is 6.09 Å². The minimum absolute atomic E-state index is 0.246. The Hall–Kier alpha value is -1.63. The number of ether oxygens (including phenoxy) is 1. The lowest BCUT2D eigenvalue weighted by molar-refractivity contribution is 0.00511. The molecule has 2 heterocycles. The molecule has 1 aliphatic rings. The number of carbonyl (C=O) groups excluding carboxylic acids is 1. The molecule has 0 aromatic carbocycles. The SMILES string of the molecule is Cn1cnnc1CNC1CN(C(=O)OC(C)(C)C)C1. The number of aromatic nitrogens is 3. The molecule has 1 fully saturated rings. The molecule has 0 atom stereocenters.